The lowest BCUT2D eigenvalue weighted by molar-refractivity contribution is -0.00138. The number of carbonyl (C=O) groups excluding carboxylic acids is 1. The lowest BCUT2D eigenvalue weighted by atomic mass is 9.77. The summed E-state index contributed by atoms with van der Waals surface area (Å²) in [6, 6.07) is 6.92. The third-order valence-electron chi connectivity index (χ3n) is 7.42. The number of hydrogen-bond acceptors (Lipinski definition) is 3. The quantitative estimate of drug-likeness (QED) is 0.871. The van der Waals surface area contributed by atoms with E-state index in [1.807, 2.05) is 0 Å². The fourth-order valence-electron chi connectivity index (χ4n) is 5.75. The molecule has 1 spiro atoms. The summed E-state index contributed by atoms with van der Waals surface area (Å²) >= 11 is 1.72. The van der Waals surface area contributed by atoms with Gasteiger partial charge in [-0.3, -0.25) is 9.69 Å². The molecular weight excluding hydrogens is 340 g/mol. The smallest absolute Gasteiger partial charge is 0.261 e. The number of aryl methyl sites for hydroxylation is 1. The van der Waals surface area contributed by atoms with Crippen LogP contribution in [0.4, 0.5) is 0 Å². The number of thiophene rings is 1. The molecular formula is C22H26N2OS. The van der Waals surface area contributed by atoms with Crippen molar-refractivity contribution in [1.29, 1.82) is 0 Å². The van der Waals surface area contributed by atoms with Crippen LogP contribution in [0, 0.1) is 12.8 Å². The van der Waals surface area contributed by atoms with Gasteiger partial charge in [0, 0.05) is 10.2 Å². The second kappa shape index (κ2) is 5.32. The molecule has 1 aromatic heterocycles. The van der Waals surface area contributed by atoms with E-state index >= 15 is 0 Å². The summed E-state index contributed by atoms with van der Waals surface area (Å²) in [7, 11) is 0. The molecule has 5 aliphatic rings. The fourth-order valence-corrected chi connectivity index (χ4v) is 6.99. The van der Waals surface area contributed by atoms with Crippen LogP contribution < -0.4 is 5.32 Å². The number of hydrogen-bond donors (Lipinski definition) is 1. The molecule has 0 unspecified atom stereocenters. The van der Waals surface area contributed by atoms with Gasteiger partial charge in [0.2, 0.25) is 0 Å². The van der Waals surface area contributed by atoms with Crippen molar-refractivity contribution in [2.24, 2.45) is 5.92 Å². The Labute approximate surface area is 158 Å². The Morgan fingerprint density at radius 3 is 2.65 bits per heavy atom. The Bertz CT molecular complexity index is 900. The molecule has 0 radical (unpaired) electrons. The number of nitrogens with zero attached hydrogens (tertiary/aromatic N) is 1. The van der Waals surface area contributed by atoms with Gasteiger partial charge in [-0.05, 0) is 93.0 Å². The van der Waals surface area contributed by atoms with Crippen LogP contribution in [0.2, 0.25) is 0 Å². The summed E-state index contributed by atoms with van der Waals surface area (Å²) in [5.41, 5.74) is 3.21. The summed E-state index contributed by atoms with van der Waals surface area (Å²) in [4.78, 5) is 16.7. The highest BCUT2D eigenvalue weighted by atomic mass is 32.1. The van der Waals surface area contributed by atoms with Crippen LogP contribution in [0.15, 0.2) is 18.2 Å². The molecule has 26 heavy (non-hydrogen) atoms. The Balaban J connectivity index is 1.32. The SMILES string of the molecule is Cc1ccc2cc(C(=O)N[C@H]3C4CCN(CC4)C34CC4)sc2c1C1CC1. The van der Waals surface area contributed by atoms with Crippen LogP contribution in [0.5, 0.6) is 0 Å². The molecule has 4 heterocycles. The predicted molar refractivity (Wildman–Crippen MR) is 106 cm³/mol. The van der Waals surface area contributed by atoms with Gasteiger partial charge in [-0.2, -0.15) is 0 Å². The van der Waals surface area contributed by atoms with Crippen LogP contribution in [0.3, 0.4) is 0 Å². The molecule has 3 aliphatic heterocycles. The first-order valence-electron chi connectivity index (χ1n) is 10.2. The van der Waals surface area contributed by atoms with E-state index in [4.69, 9.17) is 0 Å². The van der Waals surface area contributed by atoms with Crippen molar-refractivity contribution in [3.05, 3.63) is 34.2 Å². The van der Waals surface area contributed by atoms with Crippen molar-refractivity contribution in [2.45, 2.75) is 62.9 Å². The van der Waals surface area contributed by atoms with Gasteiger partial charge in [0.15, 0.2) is 0 Å². The minimum Gasteiger partial charge on any atom is -0.346 e. The van der Waals surface area contributed by atoms with E-state index in [2.05, 4.69) is 35.3 Å². The van der Waals surface area contributed by atoms with Crippen LogP contribution >= 0.6 is 11.3 Å². The van der Waals surface area contributed by atoms with Crippen molar-refractivity contribution >= 4 is 27.3 Å². The highest BCUT2D eigenvalue weighted by Gasteiger charge is 2.60. The van der Waals surface area contributed by atoms with Gasteiger partial charge in [-0.25, -0.2) is 0 Å². The number of carbonyl (C=O) groups is 1. The lowest BCUT2D eigenvalue weighted by Gasteiger charge is -2.52. The van der Waals surface area contributed by atoms with E-state index in [9.17, 15) is 4.79 Å². The van der Waals surface area contributed by atoms with Gasteiger partial charge < -0.3 is 5.32 Å². The third kappa shape index (κ3) is 2.18. The average molecular weight is 367 g/mol. The molecule has 4 heteroatoms. The zero-order valence-electron chi connectivity index (χ0n) is 15.4. The summed E-state index contributed by atoms with van der Waals surface area (Å²) in [5, 5.41) is 4.74. The maximum atomic E-state index is 13.1. The molecule has 1 N–H and O–H groups in total. The van der Waals surface area contributed by atoms with Crippen LogP contribution in [0.25, 0.3) is 10.1 Å². The first-order valence-corrected chi connectivity index (χ1v) is 11.1. The van der Waals surface area contributed by atoms with Gasteiger partial charge in [0.25, 0.3) is 5.91 Å². The summed E-state index contributed by atoms with van der Waals surface area (Å²) in [6.07, 6.45) is 7.66. The number of fused-ring (bicyclic) bond motifs is 3. The van der Waals surface area contributed by atoms with E-state index < -0.39 is 0 Å². The first-order chi connectivity index (χ1) is 12.7. The molecule has 136 valence electrons. The molecule has 2 bridgehead atoms. The van der Waals surface area contributed by atoms with Gasteiger partial charge in [0.05, 0.1) is 10.9 Å². The van der Waals surface area contributed by atoms with Crippen molar-refractivity contribution in [3.8, 4) is 0 Å². The zero-order chi connectivity index (χ0) is 17.5. The number of piperidine rings is 3. The Morgan fingerprint density at radius 2 is 1.96 bits per heavy atom. The number of rotatable bonds is 3. The maximum absolute atomic E-state index is 13.1. The summed E-state index contributed by atoms with van der Waals surface area (Å²) < 4.78 is 1.35. The second-order valence-corrected chi connectivity index (χ2v) is 10.0. The summed E-state index contributed by atoms with van der Waals surface area (Å²) in [5.74, 6) is 1.57. The molecule has 3 saturated heterocycles. The molecule has 2 aromatic rings. The lowest BCUT2D eigenvalue weighted by Crippen LogP contribution is -2.65. The van der Waals surface area contributed by atoms with Crippen molar-refractivity contribution in [1.82, 2.24) is 10.2 Å². The monoisotopic (exact) mass is 366 g/mol. The minimum absolute atomic E-state index is 0.163. The molecule has 2 aliphatic carbocycles. The van der Waals surface area contributed by atoms with Crippen molar-refractivity contribution in [2.75, 3.05) is 13.1 Å². The number of amides is 1. The minimum atomic E-state index is 0.163. The molecule has 2 saturated carbocycles. The van der Waals surface area contributed by atoms with Gasteiger partial charge in [-0.1, -0.05) is 12.1 Å². The van der Waals surface area contributed by atoms with E-state index in [1.54, 1.807) is 11.3 Å². The Kier molecular flexibility index (Phi) is 3.20. The normalized spacial score (nSPS) is 31.5. The molecule has 7 rings (SSSR count). The van der Waals surface area contributed by atoms with Crippen molar-refractivity contribution in [3.63, 3.8) is 0 Å². The van der Waals surface area contributed by atoms with E-state index in [0.717, 1.165) is 10.8 Å². The van der Waals surface area contributed by atoms with Crippen LogP contribution in [-0.4, -0.2) is 35.5 Å². The van der Waals surface area contributed by atoms with E-state index in [0.29, 0.717) is 17.5 Å². The largest absolute Gasteiger partial charge is 0.346 e. The van der Waals surface area contributed by atoms with Crippen LogP contribution in [-0.2, 0) is 0 Å². The van der Waals surface area contributed by atoms with Gasteiger partial charge in [-0.15, -0.1) is 11.3 Å². The molecule has 1 amide bonds. The van der Waals surface area contributed by atoms with E-state index in [-0.39, 0.29) is 5.91 Å². The van der Waals surface area contributed by atoms with Gasteiger partial charge >= 0.3 is 0 Å². The standard InChI is InChI=1S/C22H26N2OS/c1-13-2-3-16-12-17(26-19(16)18(13)14-4-5-14)21(25)23-20-15-6-10-24(11-7-15)22(20)8-9-22/h2-3,12,14-15,20H,4-11H2,1H3,(H,23,25)/t20-/m0/s1. The number of benzene rings is 1. The Hall–Kier alpha value is -1.39. The molecule has 1 atom stereocenters. The zero-order valence-corrected chi connectivity index (χ0v) is 16.2. The average Bonchev–Trinajstić information content (AvgIpc) is 3.57. The fraction of sp³-hybridized carbons (Fsp3) is 0.591. The predicted octanol–water partition coefficient (Wildman–Crippen LogP) is 4.44. The molecule has 1 aromatic carbocycles. The summed E-state index contributed by atoms with van der Waals surface area (Å²) in [6.45, 7) is 4.70. The first kappa shape index (κ1) is 15.6. The van der Waals surface area contributed by atoms with E-state index in [1.165, 1.54) is 72.8 Å². The van der Waals surface area contributed by atoms with Crippen LogP contribution in [0.1, 0.15) is 65.2 Å². The highest BCUT2D eigenvalue weighted by molar-refractivity contribution is 7.21. The second-order valence-electron chi connectivity index (χ2n) is 8.98. The third-order valence-corrected chi connectivity index (χ3v) is 8.60. The Morgan fingerprint density at radius 1 is 1.19 bits per heavy atom. The van der Waals surface area contributed by atoms with Crippen molar-refractivity contribution < 1.29 is 4.79 Å². The maximum Gasteiger partial charge on any atom is 0.261 e. The topological polar surface area (TPSA) is 32.3 Å². The highest BCUT2D eigenvalue weighted by Crippen LogP contribution is 2.54. The molecule has 3 nitrogen and oxygen atoms in total. The molecule has 5 fully saturated rings. The van der Waals surface area contributed by atoms with Gasteiger partial charge in [0.1, 0.15) is 0 Å². The number of nitrogens with one attached hydrogen (secondary N) is 1.